The standard InChI is InChI=1S/C13H13NO3/c1-3-17-13(16)6-11-5-10(8-15)4-9(2)12(11)7-14/h4-5,8H,3,6H2,1-2H3. The van der Waals surface area contributed by atoms with E-state index in [1.165, 1.54) is 0 Å². The van der Waals surface area contributed by atoms with Crippen molar-refractivity contribution in [3.63, 3.8) is 0 Å². The molecule has 4 heteroatoms. The summed E-state index contributed by atoms with van der Waals surface area (Å²) in [5.74, 6) is -0.397. The molecule has 0 saturated heterocycles. The topological polar surface area (TPSA) is 67.2 Å². The summed E-state index contributed by atoms with van der Waals surface area (Å²) in [6.45, 7) is 3.75. The lowest BCUT2D eigenvalue weighted by atomic mass is 9.97. The summed E-state index contributed by atoms with van der Waals surface area (Å²) < 4.78 is 4.82. The zero-order valence-electron chi connectivity index (χ0n) is 9.82. The Bertz CT molecular complexity index is 486. The average molecular weight is 231 g/mol. The van der Waals surface area contributed by atoms with Gasteiger partial charge in [0.05, 0.1) is 24.7 Å². The van der Waals surface area contributed by atoms with E-state index < -0.39 is 5.97 Å². The van der Waals surface area contributed by atoms with Gasteiger partial charge in [0, 0.05) is 5.56 Å². The lowest BCUT2D eigenvalue weighted by Crippen LogP contribution is -2.09. The molecule has 0 aliphatic rings. The number of ether oxygens (including phenoxy) is 1. The SMILES string of the molecule is CCOC(=O)Cc1cc(C=O)cc(C)c1C#N. The van der Waals surface area contributed by atoms with Gasteiger partial charge in [-0.3, -0.25) is 9.59 Å². The minimum atomic E-state index is -0.397. The zero-order valence-corrected chi connectivity index (χ0v) is 9.82. The molecule has 0 aromatic heterocycles. The number of nitrogens with zero attached hydrogens (tertiary/aromatic N) is 1. The second-order valence-electron chi connectivity index (χ2n) is 3.58. The lowest BCUT2D eigenvalue weighted by molar-refractivity contribution is -0.142. The Labute approximate surface area is 99.8 Å². The summed E-state index contributed by atoms with van der Waals surface area (Å²) in [5, 5.41) is 9.02. The second kappa shape index (κ2) is 5.80. The largest absolute Gasteiger partial charge is 0.466 e. The molecule has 1 aromatic carbocycles. The number of carbonyl (C=O) groups is 2. The van der Waals surface area contributed by atoms with Crippen LogP contribution in [0.5, 0.6) is 0 Å². The first-order chi connectivity index (χ1) is 8.12. The van der Waals surface area contributed by atoms with Crippen molar-refractivity contribution in [1.82, 2.24) is 0 Å². The quantitative estimate of drug-likeness (QED) is 0.585. The first-order valence-corrected chi connectivity index (χ1v) is 5.26. The normalized spacial score (nSPS) is 9.47. The fourth-order valence-electron chi connectivity index (χ4n) is 1.63. The molecule has 0 heterocycles. The minimum absolute atomic E-state index is 0.0131. The monoisotopic (exact) mass is 231 g/mol. The Morgan fingerprint density at radius 3 is 2.76 bits per heavy atom. The van der Waals surface area contributed by atoms with Crippen molar-refractivity contribution in [1.29, 1.82) is 5.26 Å². The lowest BCUT2D eigenvalue weighted by Gasteiger charge is -2.07. The molecule has 1 rings (SSSR count). The summed E-state index contributed by atoms with van der Waals surface area (Å²) >= 11 is 0. The van der Waals surface area contributed by atoms with Gasteiger partial charge in [-0.25, -0.2) is 0 Å². The Balaban J connectivity index is 3.12. The van der Waals surface area contributed by atoms with Crippen LogP contribution in [0.4, 0.5) is 0 Å². The molecule has 0 radical (unpaired) electrons. The van der Waals surface area contributed by atoms with Crippen LogP contribution in [0.2, 0.25) is 0 Å². The summed E-state index contributed by atoms with van der Waals surface area (Å²) in [5.41, 5.74) is 2.12. The predicted octanol–water partition coefficient (Wildman–Crippen LogP) is 1.78. The van der Waals surface area contributed by atoms with Gasteiger partial charge in [-0.05, 0) is 37.1 Å². The smallest absolute Gasteiger partial charge is 0.310 e. The maximum Gasteiger partial charge on any atom is 0.310 e. The molecule has 0 aliphatic carbocycles. The van der Waals surface area contributed by atoms with Crippen LogP contribution >= 0.6 is 0 Å². The molecule has 0 amide bonds. The van der Waals surface area contributed by atoms with Gasteiger partial charge in [0.1, 0.15) is 6.29 Å². The van der Waals surface area contributed by atoms with E-state index in [0.29, 0.717) is 35.1 Å². The molecule has 0 fully saturated rings. The summed E-state index contributed by atoms with van der Waals surface area (Å²) in [6, 6.07) is 5.22. The molecule has 0 saturated carbocycles. The van der Waals surface area contributed by atoms with Gasteiger partial charge in [-0.1, -0.05) is 0 Å². The first-order valence-electron chi connectivity index (χ1n) is 5.26. The second-order valence-corrected chi connectivity index (χ2v) is 3.58. The maximum atomic E-state index is 11.4. The average Bonchev–Trinajstić information content (AvgIpc) is 2.28. The Kier molecular flexibility index (Phi) is 4.41. The van der Waals surface area contributed by atoms with Crippen LogP contribution in [-0.4, -0.2) is 18.9 Å². The molecule has 0 bridgehead atoms. The van der Waals surface area contributed by atoms with Gasteiger partial charge >= 0.3 is 5.97 Å². The van der Waals surface area contributed by atoms with Crippen LogP contribution < -0.4 is 0 Å². The highest BCUT2D eigenvalue weighted by molar-refractivity contribution is 5.79. The van der Waals surface area contributed by atoms with Gasteiger partial charge in [0.25, 0.3) is 0 Å². The van der Waals surface area contributed by atoms with Crippen LogP contribution in [0.15, 0.2) is 12.1 Å². The van der Waals surface area contributed by atoms with Crippen LogP contribution in [0.25, 0.3) is 0 Å². The van der Waals surface area contributed by atoms with Gasteiger partial charge in [-0.15, -0.1) is 0 Å². The van der Waals surface area contributed by atoms with Crippen molar-refractivity contribution in [2.24, 2.45) is 0 Å². The summed E-state index contributed by atoms with van der Waals surface area (Å²) in [4.78, 5) is 22.1. The van der Waals surface area contributed by atoms with E-state index in [2.05, 4.69) is 0 Å². The van der Waals surface area contributed by atoms with Crippen LogP contribution in [0.3, 0.4) is 0 Å². The Morgan fingerprint density at radius 2 is 2.24 bits per heavy atom. The van der Waals surface area contributed by atoms with E-state index in [1.54, 1.807) is 26.0 Å². The maximum absolute atomic E-state index is 11.4. The molecule has 0 unspecified atom stereocenters. The van der Waals surface area contributed by atoms with Crippen molar-refractivity contribution in [3.8, 4) is 6.07 Å². The van der Waals surface area contributed by atoms with Crippen molar-refractivity contribution >= 4 is 12.3 Å². The van der Waals surface area contributed by atoms with Gasteiger partial charge in [0.15, 0.2) is 0 Å². The third-order valence-electron chi connectivity index (χ3n) is 2.33. The molecule has 1 aromatic rings. The van der Waals surface area contributed by atoms with Crippen molar-refractivity contribution in [3.05, 3.63) is 34.4 Å². The molecule has 0 N–H and O–H groups in total. The summed E-state index contributed by atoms with van der Waals surface area (Å²) in [6.07, 6.45) is 0.710. The molecule has 88 valence electrons. The Hall–Kier alpha value is -2.15. The van der Waals surface area contributed by atoms with Crippen molar-refractivity contribution < 1.29 is 14.3 Å². The van der Waals surface area contributed by atoms with E-state index >= 15 is 0 Å². The molecule has 17 heavy (non-hydrogen) atoms. The van der Waals surface area contributed by atoms with E-state index in [1.807, 2.05) is 6.07 Å². The highest BCUT2D eigenvalue weighted by Gasteiger charge is 2.12. The van der Waals surface area contributed by atoms with Gasteiger partial charge < -0.3 is 4.74 Å². The van der Waals surface area contributed by atoms with Crippen LogP contribution in [-0.2, 0) is 16.0 Å². The van der Waals surface area contributed by atoms with E-state index in [0.717, 1.165) is 0 Å². The zero-order chi connectivity index (χ0) is 12.8. The minimum Gasteiger partial charge on any atom is -0.466 e. The van der Waals surface area contributed by atoms with Crippen LogP contribution in [0.1, 0.15) is 34.0 Å². The number of hydrogen-bond donors (Lipinski definition) is 0. The van der Waals surface area contributed by atoms with E-state index in [-0.39, 0.29) is 6.42 Å². The highest BCUT2D eigenvalue weighted by atomic mass is 16.5. The summed E-state index contributed by atoms with van der Waals surface area (Å²) in [7, 11) is 0. The molecule has 0 aliphatic heterocycles. The molecular formula is C13H13NO3. The highest BCUT2D eigenvalue weighted by Crippen LogP contribution is 2.16. The number of esters is 1. The first kappa shape index (κ1) is 12.9. The van der Waals surface area contributed by atoms with Gasteiger partial charge in [-0.2, -0.15) is 5.26 Å². The number of carbonyl (C=O) groups excluding carboxylic acids is 2. The molecule has 4 nitrogen and oxygen atoms in total. The molecular weight excluding hydrogens is 218 g/mol. The van der Waals surface area contributed by atoms with Crippen LogP contribution in [0, 0.1) is 18.3 Å². The third kappa shape index (κ3) is 3.15. The van der Waals surface area contributed by atoms with Crippen molar-refractivity contribution in [2.75, 3.05) is 6.61 Å². The van der Waals surface area contributed by atoms with E-state index in [4.69, 9.17) is 10.00 Å². The molecule has 0 atom stereocenters. The van der Waals surface area contributed by atoms with E-state index in [9.17, 15) is 9.59 Å². The third-order valence-corrected chi connectivity index (χ3v) is 2.33. The van der Waals surface area contributed by atoms with Crippen molar-refractivity contribution in [2.45, 2.75) is 20.3 Å². The van der Waals surface area contributed by atoms with Gasteiger partial charge in [0.2, 0.25) is 0 Å². The molecule has 0 spiro atoms. The predicted molar refractivity (Wildman–Crippen MR) is 61.6 cm³/mol. The fraction of sp³-hybridized carbons (Fsp3) is 0.308. The Morgan fingerprint density at radius 1 is 1.53 bits per heavy atom. The number of benzene rings is 1. The number of nitriles is 1. The fourth-order valence-corrected chi connectivity index (χ4v) is 1.63. The number of hydrogen-bond acceptors (Lipinski definition) is 4. The number of aryl methyl sites for hydroxylation is 1. The number of aldehydes is 1. The number of rotatable bonds is 4.